The highest BCUT2D eigenvalue weighted by Gasteiger charge is 2.16. The van der Waals surface area contributed by atoms with Crippen molar-refractivity contribution in [3.8, 4) is 0 Å². The molecule has 0 unspecified atom stereocenters. The maximum Gasteiger partial charge on any atom is 0.139 e. The maximum absolute atomic E-state index is 6.31. The summed E-state index contributed by atoms with van der Waals surface area (Å²) in [5.74, 6) is 0. The summed E-state index contributed by atoms with van der Waals surface area (Å²) in [6.07, 6.45) is 0. The van der Waals surface area contributed by atoms with Crippen LogP contribution < -0.4 is 0 Å². The van der Waals surface area contributed by atoms with Crippen LogP contribution in [0.5, 0.6) is 0 Å². The van der Waals surface area contributed by atoms with Gasteiger partial charge in [-0.25, -0.2) is 9.98 Å². The summed E-state index contributed by atoms with van der Waals surface area (Å²) >= 11 is 19.5. The fraction of sp³-hybridized carbons (Fsp3) is 0. The van der Waals surface area contributed by atoms with Gasteiger partial charge >= 0.3 is 0 Å². The van der Waals surface area contributed by atoms with E-state index in [2.05, 4.69) is 41.8 Å². The number of hydrogen-bond acceptors (Lipinski definition) is 2. The molecule has 6 heteroatoms. The number of fused-ring (bicyclic) bond motifs is 2. The lowest BCUT2D eigenvalue weighted by Gasteiger charge is -2.12. The van der Waals surface area contributed by atoms with Gasteiger partial charge in [0, 0.05) is 20.1 Å². The molecule has 0 fully saturated rings. The first-order valence-electron chi connectivity index (χ1n) is 5.63. The van der Waals surface area contributed by atoms with Gasteiger partial charge in [0.05, 0.1) is 11.4 Å². The van der Waals surface area contributed by atoms with Crippen molar-refractivity contribution in [2.45, 2.75) is 0 Å². The summed E-state index contributed by atoms with van der Waals surface area (Å²) < 4.78 is 1.82. The minimum Gasteiger partial charge on any atom is -0.235 e. The second-order valence-electron chi connectivity index (χ2n) is 4.13. The molecular weight excluding hydrogens is 427 g/mol. The summed E-state index contributed by atoms with van der Waals surface area (Å²) in [7, 11) is 0. The van der Waals surface area contributed by atoms with E-state index in [0.717, 1.165) is 20.1 Å². The van der Waals surface area contributed by atoms with Crippen LogP contribution in [-0.2, 0) is 0 Å². The topological polar surface area (TPSA) is 24.7 Å². The van der Waals surface area contributed by atoms with Gasteiger partial charge in [-0.3, -0.25) is 0 Å². The average molecular weight is 433 g/mol. The van der Waals surface area contributed by atoms with Gasteiger partial charge in [-0.05, 0) is 36.4 Å². The Bertz CT molecular complexity index is 704. The predicted molar refractivity (Wildman–Crippen MR) is 92.4 cm³/mol. The van der Waals surface area contributed by atoms with E-state index in [4.69, 9.17) is 23.2 Å². The molecule has 0 saturated carbocycles. The summed E-state index contributed by atoms with van der Waals surface area (Å²) in [5, 5.41) is 0.777. The van der Waals surface area contributed by atoms with Crippen molar-refractivity contribution < 1.29 is 0 Å². The largest absolute Gasteiger partial charge is 0.235 e. The van der Waals surface area contributed by atoms with Gasteiger partial charge in [0.15, 0.2) is 0 Å². The van der Waals surface area contributed by atoms with E-state index in [9.17, 15) is 0 Å². The van der Waals surface area contributed by atoms with Crippen LogP contribution in [0.4, 0.5) is 11.4 Å². The van der Waals surface area contributed by atoms with Crippen LogP contribution in [0.15, 0.2) is 55.3 Å². The van der Waals surface area contributed by atoms with E-state index in [0.29, 0.717) is 21.7 Å². The molecule has 2 aromatic carbocycles. The molecule has 20 heavy (non-hydrogen) atoms. The molecule has 0 spiro atoms. The Morgan fingerprint density at radius 3 is 1.50 bits per heavy atom. The number of benzene rings is 2. The van der Waals surface area contributed by atoms with Crippen molar-refractivity contribution in [3.05, 3.63) is 56.5 Å². The molecular formula is C14H6Br2Cl2N2. The monoisotopic (exact) mass is 430 g/mol. The summed E-state index contributed by atoms with van der Waals surface area (Å²) in [5.41, 5.74) is 2.87. The Morgan fingerprint density at radius 2 is 1.10 bits per heavy atom. The smallest absolute Gasteiger partial charge is 0.139 e. The Labute approximate surface area is 142 Å². The van der Waals surface area contributed by atoms with Crippen molar-refractivity contribution >= 4 is 76.8 Å². The second-order valence-corrected chi connectivity index (χ2v) is 6.68. The van der Waals surface area contributed by atoms with Gasteiger partial charge in [-0.2, -0.15) is 0 Å². The fourth-order valence-corrected chi connectivity index (χ4v) is 3.08. The highest BCUT2D eigenvalue weighted by atomic mass is 79.9. The SMILES string of the molecule is Cl/C1=N/c2cc(Br)ccc2/C(Cl)=N\c2cc(Br)ccc21. The van der Waals surface area contributed by atoms with E-state index < -0.39 is 0 Å². The lowest BCUT2D eigenvalue weighted by atomic mass is 10.1. The van der Waals surface area contributed by atoms with Crippen molar-refractivity contribution in [1.29, 1.82) is 0 Å². The number of aliphatic imine (C=N–C) groups is 2. The van der Waals surface area contributed by atoms with E-state index >= 15 is 0 Å². The molecule has 100 valence electrons. The molecule has 0 aliphatic carbocycles. The molecule has 1 aliphatic heterocycles. The molecule has 0 radical (unpaired) electrons. The summed E-state index contributed by atoms with van der Waals surface area (Å²) in [6.45, 7) is 0. The summed E-state index contributed by atoms with van der Waals surface area (Å²) in [6, 6.07) is 11.2. The first kappa shape index (κ1) is 14.3. The third kappa shape index (κ3) is 2.70. The lowest BCUT2D eigenvalue weighted by Crippen LogP contribution is -2.00. The second kappa shape index (κ2) is 5.60. The molecule has 1 heterocycles. The van der Waals surface area contributed by atoms with Gasteiger partial charge in [-0.1, -0.05) is 55.1 Å². The van der Waals surface area contributed by atoms with Crippen molar-refractivity contribution in [2.24, 2.45) is 9.98 Å². The first-order chi connectivity index (χ1) is 9.54. The standard InChI is InChI=1S/C14H6Br2Cl2N2/c15-7-1-3-9-11(5-7)19-14(18)10-4-2-8(16)6-12(10)20-13(9)17/h1-6H/b13-9?,14-10?,19-11?,19-14+,20-12?,20-13+. The Morgan fingerprint density at radius 1 is 0.700 bits per heavy atom. The minimum atomic E-state index is 0.389. The van der Waals surface area contributed by atoms with Crippen molar-refractivity contribution in [2.75, 3.05) is 0 Å². The maximum atomic E-state index is 6.31. The Hall–Kier alpha value is -0.680. The molecule has 0 atom stereocenters. The third-order valence-electron chi connectivity index (χ3n) is 2.80. The van der Waals surface area contributed by atoms with Crippen LogP contribution in [-0.4, -0.2) is 10.3 Å². The molecule has 3 rings (SSSR count). The normalized spacial score (nSPS) is 18.8. The highest BCUT2D eigenvalue weighted by molar-refractivity contribution is 9.10. The Balaban J connectivity index is 2.30. The van der Waals surface area contributed by atoms with Gasteiger partial charge in [0.25, 0.3) is 0 Å². The predicted octanol–water partition coefficient (Wildman–Crippen LogP) is 6.16. The van der Waals surface area contributed by atoms with E-state index in [1.807, 2.05) is 36.4 Å². The zero-order chi connectivity index (χ0) is 14.3. The molecule has 0 bridgehead atoms. The Kier molecular flexibility index (Phi) is 4.00. The van der Waals surface area contributed by atoms with Crippen LogP contribution in [0.1, 0.15) is 11.1 Å². The van der Waals surface area contributed by atoms with Gasteiger partial charge in [-0.15, -0.1) is 0 Å². The number of nitrogens with zero attached hydrogens (tertiary/aromatic N) is 2. The molecule has 2 nitrogen and oxygen atoms in total. The minimum absolute atomic E-state index is 0.389. The number of rotatable bonds is 0. The summed E-state index contributed by atoms with van der Waals surface area (Å²) in [4.78, 5) is 8.91. The van der Waals surface area contributed by atoms with Crippen LogP contribution in [0.25, 0.3) is 0 Å². The number of hydrogen-bond donors (Lipinski definition) is 0. The van der Waals surface area contributed by atoms with E-state index in [1.54, 1.807) is 0 Å². The van der Waals surface area contributed by atoms with Crippen LogP contribution in [0, 0.1) is 0 Å². The van der Waals surface area contributed by atoms with Gasteiger partial charge < -0.3 is 0 Å². The van der Waals surface area contributed by atoms with Crippen LogP contribution in [0.2, 0.25) is 0 Å². The van der Waals surface area contributed by atoms with E-state index in [-0.39, 0.29) is 0 Å². The molecule has 0 N–H and O–H groups in total. The number of halogens is 4. The molecule has 1 aliphatic rings. The first-order valence-corrected chi connectivity index (χ1v) is 7.97. The average Bonchev–Trinajstić information content (AvgIpc) is 2.37. The third-order valence-corrected chi connectivity index (χ3v) is 4.36. The molecule has 2 aromatic rings. The van der Waals surface area contributed by atoms with Crippen molar-refractivity contribution in [3.63, 3.8) is 0 Å². The zero-order valence-corrected chi connectivity index (χ0v) is 14.6. The quantitative estimate of drug-likeness (QED) is 0.476. The van der Waals surface area contributed by atoms with Crippen LogP contribution >= 0.6 is 55.1 Å². The fourth-order valence-electron chi connectivity index (χ4n) is 1.88. The molecule has 0 amide bonds. The lowest BCUT2D eigenvalue weighted by molar-refractivity contribution is 1.42. The molecule has 0 saturated heterocycles. The zero-order valence-electron chi connectivity index (χ0n) is 9.87. The molecule has 0 aromatic heterocycles. The van der Waals surface area contributed by atoms with Crippen molar-refractivity contribution in [1.82, 2.24) is 0 Å². The van der Waals surface area contributed by atoms with Gasteiger partial charge in [0.2, 0.25) is 0 Å². The highest BCUT2D eigenvalue weighted by Crippen LogP contribution is 2.34. The van der Waals surface area contributed by atoms with Gasteiger partial charge in [0.1, 0.15) is 10.3 Å². The van der Waals surface area contributed by atoms with Crippen LogP contribution in [0.3, 0.4) is 0 Å². The van der Waals surface area contributed by atoms with E-state index in [1.165, 1.54) is 0 Å².